The molecule has 142 valence electrons. The quantitative estimate of drug-likeness (QED) is 0.725. The van der Waals surface area contributed by atoms with Crippen LogP contribution in [0.1, 0.15) is 28.4 Å². The van der Waals surface area contributed by atoms with E-state index >= 15 is 0 Å². The Hall–Kier alpha value is -3.29. The molecule has 0 aromatic heterocycles. The van der Waals surface area contributed by atoms with Gasteiger partial charge in [0.15, 0.2) is 11.6 Å². The molecule has 2 aromatic rings. The first-order valence-electron chi connectivity index (χ1n) is 8.05. The number of carbonyl (C=O) groups is 3. The van der Waals surface area contributed by atoms with Gasteiger partial charge in [0.2, 0.25) is 5.91 Å². The van der Waals surface area contributed by atoms with Crippen molar-refractivity contribution in [3.8, 4) is 0 Å². The molecule has 0 fully saturated rings. The van der Waals surface area contributed by atoms with E-state index in [2.05, 4.69) is 15.4 Å². The summed E-state index contributed by atoms with van der Waals surface area (Å²) in [4.78, 5) is 35.7. The van der Waals surface area contributed by atoms with Gasteiger partial charge in [0.05, 0.1) is 26.1 Å². The van der Waals surface area contributed by atoms with E-state index in [0.29, 0.717) is 5.56 Å². The zero-order valence-corrected chi connectivity index (χ0v) is 14.5. The van der Waals surface area contributed by atoms with Crippen molar-refractivity contribution >= 4 is 17.8 Å². The van der Waals surface area contributed by atoms with Crippen molar-refractivity contribution in [1.82, 2.24) is 10.6 Å². The Balaban J connectivity index is 1.97. The van der Waals surface area contributed by atoms with Crippen LogP contribution in [0.25, 0.3) is 0 Å². The molecule has 0 saturated heterocycles. The minimum Gasteiger partial charge on any atom is -0.469 e. The van der Waals surface area contributed by atoms with E-state index in [4.69, 9.17) is 0 Å². The Morgan fingerprint density at radius 1 is 1.04 bits per heavy atom. The summed E-state index contributed by atoms with van der Waals surface area (Å²) in [6, 6.07) is 10.8. The fourth-order valence-electron chi connectivity index (χ4n) is 2.33. The SMILES string of the molecule is COC(=O)C[C@H](NC(=O)CNC(=O)c1ccc(F)c(F)c1)c1ccccc1. The minimum atomic E-state index is -1.16. The second-order valence-electron chi connectivity index (χ2n) is 5.62. The zero-order valence-electron chi connectivity index (χ0n) is 14.5. The van der Waals surface area contributed by atoms with Gasteiger partial charge in [-0.05, 0) is 23.8 Å². The summed E-state index contributed by atoms with van der Waals surface area (Å²) in [6.45, 7) is -0.400. The molecule has 0 spiro atoms. The van der Waals surface area contributed by atoms with Gasteiger partial charge in [0, 0.05) is 5.56 Å². The number of ether oxygens (including phenoxy) is 1. The third kappa shape index (κ3) is 5.88. The van der Waals surface area contributed by atoms with Crippen LogP contribution in [-0.2, 0) is 14.3 Å². The maximum atomic E-state index is 13.2. The number of esters is 1. The van der Waals surface area contributed by atoms with Crippen LogP contribution in [-0.4, -0.2) is 31.4 Å². The first-order valence-corrected chi connectivity index (χ1v) is 8.05. The fourth-order valence-corrected chi connectivity index (χ4v) is 2.33. The monoisotopic (exact) mass is 376 g/mol. The summed E-state index contributed by atoms with van der Waals surface area (Å²) in [5, 5.41) is 4.95. The molecule has 6 nitrogen and oxygen atoms in total. The van der Waals surface area contributed by atoms with Gasteiger partial charge in [-0.3, -0.25) is 14.4 Å². The predicted octanol–water partition coefficient (Wildman–Crippen LogP) is 2.12. The lowest BCUT2D eigenvalue weighted by Gasteiger charge is -2.18. The highest BCUT2D eigenvalue weighted by Gasteiger charge is 2.19. The molecular formula is C19H18F2N2O4. The second-order valence-corrected chi connectivity index (χ2v) is 5.62. The van der Waals surface area contributed by atoms with Crippen LogP contribution in [0.15, 0.2) is 48.5 Å². The topological polar surface area (TPSA) is 84.5 Å². The lowest BCUT2D eigenvalue weighted by atomic mass is 10.0. The maximum Gasteiger partial charge on any atom is 0.307 e. The van der Waals surface area contributed by atoms with E-state index in [9.17, 15) is 23.2 Å². The summed E-state index contributed by atoms with van der Waals surface area (Å²) >= 11 is 0. The molecule has 0 aliphatic heterocycles. The maximum absolute atomic E-state index is 13.2. The lowest BCUT2D eigenvalue weighted by molar-refractivity contribution is -0.141. The molecule has 0 saturated carbocycles. The Labute approximate surface area is 154 Å². The number of methoxy groups -OCH3 is 1. The van der Waals surface area contributed by atoms with Gasteiger partial charge >= 0.3 is 5.97 Å². The van der Waals surface area contributed by atoms with Gasteiger partial charge in [-0.15, -0.1) is 0 Å². The van der Waals surface area contributed by atoms with E-state index in [1.165, 1.54) is 7.11 Å². The highest BCUT2D eigenvalue weighted by Crippen LogP contribution is 2.17. The highest BCUT2D eigenvalue weighted by molar-refractivity contribution is 5.96. The van der Waals surface area contributed by atoms with Crippen LogP contribution in [0.2, 0.25) is 0 Å². The number of rotatable bonds is 7. The van der Waals surface area contributed by atoms with Crippen LogP contribution >= 0.6 is 0 Å². The van der Waals surface area contributed by atoms with Crippen LogP contribution in [0.5, 0.6) is 0 Å². The smallest absolute Gasteiger partial charge is 0.307 e. The molecule has 2 N–H and O–H groups in total. The van der Waals surface area contributed by atoms with Crippen molar-refractivity contribution in [2.45, 2.75) is 12.5 Å². The van der Waals surface area contributed by atoms with Gasteiger partial charge in [0.1, 0.15) is 0 Å². The van der Waals surface area contributed by atoms with Crippen molar-refractivity contribution in [2.75, 3.05) is 13.7 Å². The first kappa shape index (κ1) is 20.0. The fraction of sp³-hybridized carbons (Fsp3) is 0.211. The molecule has 2 rings (SSSR count). The Morgan fingerprint density at radius 3 is 2.37 bits per heavy atom. The van der Waals surface area contributed by atoms with Gasteiger partial charge in [-0.25, -0.2) is 8.78 Å². The van der Waals surface area contributed by atoms with Crippen molar-refractivity contribution in [3.63, 3.8) is 0 Å². The van der Waals surface area contributed by atoms with Crippen LogP contribution in [0.3, 0.4) is 0 Å². The molecule has 0 unspecified atom stereocenters. The summed E-state index contributed by atoms with van der Waals surface area (Å²) in [5.41, 5.74) is 0.582. The molecule has 27 heavy (non-hydrogen) atoms. The number of benzene rings is 2. The average molecular weight is 376 g/mol. The van der Waals surface area contributed by atoms with Crippen molar-refractivity contribution in [3.05, 3.63) is 71.3 Å². The predicted molar refractivity (Wildman–Crippen MR) is 92.6 cm³/mol. The zero-order chi connectivity index (χ0) is 19.8. The third-order valence-electron chi connectivity index (χ3n) is 3.73. The number of amides is 2. The molecule has 0 radical (unpaired) electrons. The summed E-state index contributed by atoms with van der Waals surface area (Å²) in [5.74, 6) is -4.01. The number of hydrogen-bond acceptors (Lipinski definition) is 4. The Morgan fingerprint density at radius 2 is 1.74 bits per heavy atom. The highest BCUT2D eigenvalue weighted by atomic mass is 19.2. The normalized spacial score (nSPS) is 11.4. The van der Waals surface area contributed by atoms with Crippen molar-refractivity contribution < 1.29 is 27.9 Å². The Bertz CT molecular complexity index is 828. The molecule has 2 amide bonds. The molecule has 1 atom stereocenters. The van der Waals surface area contributed by atoms with E-state index in [0.717, 1.165) is 18.2 Å². The number of halogens is 2. The molecule has 2 aromatic carbocycles. The summed E-state index contributed by atoms with van der Waals surface area (Å²) in [7, 11) is 1.24. The standard InChI is InChI=1S/C19H18F2N2O4/c1-27-18(25)10-16(12-5-3-2-4-6-12)23-17(24)11-22-19(26)13-7-8-14(20)15(21)9-13/h2-9,16H,10-11H2,1H3,(H,22,26)(H,23,24)/t16-/m0/s1. The minimum absolute atomic E-state index is 0.0800. The van der Waals surface area contributed by atoms with Gasteiger partial charge in [0.25, 0.3) is 5.91 Å². The molecular weight excluding hydrogens is 358 g/mol. The van der Waals surface area contributed by atoms with Crippen LogP contribution in [0.4, 0.5) is 8.78 Å². The van der Waals surface area contributed by atoms with E-state index in [1.807, 2.05) is 0 Å². The average Bonchev–Trinajstić information content (AvgIpc) is 2.68. The number of carbonyl (C=O) groups excluding carboxylic acids is 3. The molecule has 0 aliphatic carbocycles. The van der Waals surface area contributed by atoms with E-state index < -0.39 is 42.0 Å². The lowest BCUT2D eigenvalue weighted by Crippen LogP contribution is -2.39. The summed E-state index contributed by atoms with van der Waals surface area (Å²) < 4.78 is 30.7. The van der Waals surface area contributed by atoms with Crippen LogP contribution in [0, 0.1) is 11.6 Å². The number of hydrogen-bond donors (Lipinski definition) is 2. The van der Waals surface area contributed by atoms with Gasteiger partial charge in [-0.2, -0.15) is 0 Å². The Kier molecular flexibility index (Phi) is 6.99. The second kappa shape index (κ2) is 9.42. The van der Waals surface area contributed by atoms with Crippen molar-refractivity contribution in [1.29, 1.82) is 0 Å². The largest absolute Gasteiger partial charge is 0.469 e. The van der Waals surface area contributed by atoms with Crippen LogP contribution < -0.4 is 10.6 Å². The van der Waals surface area contributed by atoms with E-state index in [1.54, 1.807) is 30.3 Å². The van der Waals surface area contributed by atoms with Gasteiger partial charge < -0.3 is 15.4 Å². The molecule has 0 aliphatic rings. The van der Waals surface area contributed by atoms with Gasteiger partial charge in [-0.1, -0.05) is 30.3 Å². The molecule has 0 heterocycles. The van der Waals surface area contributed by atoms with Crippen molar-refractivity contribution in [2.24, 2.45) is 0 Å². The third-order valence-corrected chi connectivity index (χ3v) is 3.73. The number of nitrogens with one attached hydrogen (secondary N) is 2. The summed E-state index contributed by atoms with van der Waals surface area (Å²) in [6.07, 6.45) is -0.0800. The van der Waals surface area contributed by atoms with E-state index in [-0.39, 0.29) is 12.0 Å². The first-order chi connectivity index (χ1) is 12.9. The molecule has 8 heteroatoms. The molecule has 0 bridgehead atoms.